The fourth-order valence-electron chi connectivity index (χ4n) is 2.55. The fourth-order valence-corrected chi connectivity index (χ4v) is 3.38. The minimum atomic E-state index is -0.381. The van der Waals surface area contributed by atoms with Gasteiger partial charge in [0.2, 0.25) is 5.91 Å². The Labute approximate surface area is 118 Å². The SMILES string of the molecule is CC(C)c1nc(CC(=O)NC2(CO)CCCC2)cs1. The summed E-state index contributed by atoms with van der Waals surface area (Å²) in [6.07, 6.45) is 4.22. The van der Waals surface area contributed by atoms with Gasteiger partial charge in [-0.3, -0.25) is 4.79 Å². The average molecular weight is 282 g/mol. The van der Waals surface area contributed by atoms with Crippen LogP contribution in [0.25, 0.3) is 0 Å². The van der Waals surface area contributed by atoms with Crippen LogP contribution in [-0.2, 0) is 11.2 Å². The summed E-state index contributed by atoms with van der Waals surface area (Å²) in [6.45, 7) is 4.23. The van der Waals surface area contributed by atoms with Gasteiger partial charge in [-0.1, -0.05) is 26.7 Å². The molecule has 0 spiro atoms. The molecule has 2 rings (SSSR count). The van der Waals surface area contributed by atoms with Crippen LogP contribution in [-0.4, -0.2) is 28.1 Å². The van der Waals surface area contributed by atoms with Gasteiger partial charge in [-0.25, -0.2) is 4.98 Å². The van der Waals surface area contributed by atoms with Gasteiger partial charge in [-0.2, -0.15) is 0 Å². The maximum atomic E-state index is 12.1. The number of aliphatic hydroxyl groups excluding tert-OH is 1. The van der Waals surface area contributed by atoms with Crippen LogP contribution in [0.3, 0.4) is 0 Å². The highest BCUT2D eigenvalue weighted by Crippen LogP contribution is 2.29. The van der Waals surface area contributed by atoms with Crippen molar-refractivity contribution in [2.45, 2.75) is 57.4 Å². The normalized spacial score (nSPS) is 17.9. The standard InChI is InChI=1S/C14H22N2O2S/c1-10(2)13-15-11(8-19-13)7-12(18)16-14(9-17)5-3-4-6-14/h8,10,17H,3-7,9H2,1-2H3,(H,16,18). The van der Waals surface area contributed by atoms with Gasteiger partial charge in [-0.05, 0) is 12.8 Å². The van der Waals surface area contributed by atoms with E-state index >= 15 is 0 Å². The smallest absolute Gasteiger partial charge is 0.226 e. The topological polar surface area (TPSA) is 62.2 Å². The molecule has 0 aliphatic heterocycles. The lowest BCUT2D eigenvalue weighted by Crippen LogP contribution is -2.49. The molecule has 1 saturated carbocycles. The van der Waals surface area contributed by atoms with Crippen molar-refractivity contribution in [1.82, 2.24) is 10.3 Å². The number of aliphatic hydroxyl groups is 1. The first kappa shape index (κ1) is 14.5. The number of amides is 1. The second-order valence-corrected chi connectivity index (χ2v) is 6.59. The highest BCUT2D eigenvalue weighted by atomic mass is 32.1. The molecule has 2 N–H and O–H groups in total. The van der Waals surface area contributed by atoms with Gasteiger partial charge in [0.15, 0.2) is 0 Å². The van der Waals surface area contributed by atoms with E-state index in [1.54, 1.807) is 11.3 Å². The van der Waals surface area contributed by atoms with Crippen molar-refractivity contribution >= 4 is 17.2 Å². The molecular formula is C14H22N2O2S. The molecule has 5 heteroatoms. The van der Waals surface area contributed by atoms with E-state index in [9.17, 15) is 9.90 Å². The van der Waals surface area contributed by atoms with Crippen LogP contribution in [0.1, 0.15) is 56.2 Å². The third-order valence-corrected chi connectivity index (χ3v) is 4.87. The Morgan fingerprint density at radius 2 is 2.21 bits per heavy atom. The van der Waals surface area contributed by atoms with Crippen LogP contribution in [0.15, 0.2) is 5.38 Å². The van der Waals surface area contributed by atoms with Crippen LogP contribution in [0.2, 0.25) is 0 Å². The van der Waals surface area contributed by atoms with Crippen molar-refractivity contribution in [3.8, 4) is 0 Å². The summed E-state index contributed by atoms with van der Waals surface area (Å²) < 4.78 is 0. The lowest BCUT2D eigenvalue weighted by atomic mass is 9.98. The largest absolute Gasteiger partial charge is 0.394 e. The molecule has 0 bridgehead atoms. The Hall–Kier alpha value is -0.940. The van der Waals surface area contributed by atoms with Crippen LogP contribution < -0.4 is 5.32 Å². The molecule has 0 saturated heterocycles. The maximum Gasteiger partial charge on any atom is 0.226 e. The molecule has 1 fully saturated rings. The quantitative estimate of drug-likeness (QED) is 0.870. The number of nitrogens with one attached hydrogen (secondary N) is 1. The molecular weight excluding hydrogens is 260 g/mol. The van der Waals surface area contributed by atoms with Gasteiger partial charge in [0.25, 0.3) is 0 Å². The van der Waals surface area contributed by atoms with Crippen molar-refractivity contribution in [3.05, 3.63) is 16.1 Å². The third kappa shape index (κ3) is 3.54. The molecule has 1 aromatic rings. The van der Waals surface area contributed by atoms with Gasteiger partial charge < -0.3 is 10.4 Å². The van der Waals surface area contributed by atoms with E-state index in [2.05, 4.69) is 24.1 Å². The number of rotatable bonds is 5. The second kappa shape index (κ2) is 6.01. The van der Waals surface area contributed by atoms with Crippen molar-refractivity contribution in [3.63, 3.8) is 0 Å². The number of hydrogen-bond acceptors (Lipinski definition) is 4. The van der Waals surface area contributed by atoms with E-state index in [1.807, 2.05) is 5.38 Å². The molecule has 0 aromatic carbocycles. The molecule has 1 heterocycles. The third-order valence-electron chi connectivity index (χ3n) is 3.67. The lowest BCUT2D eigenvalue weighted by molar-refractivity contribution is -0.123. The van der Waals surface area contributed by atoms with E-state index in [0.29, 0.717) is 12.3 Å². The summed E-state index contributed by atoms with van der Waals surface area (Å²) in [6, 6.07) is 0. The minimum absolute atomic E-state index is 0.0310. The predicted octanol–water partition coefficient (Wildman–Crippen LogP) is 2.23. The zero-order valence-electron chi connectivity index (χ0n) is 11.6. The van der Waals surface area contributed by atoms with Gasteiger partial charge in [0.05, 0.1) is 29.3 Å². The van der Waals surface area contributed by atoms with Crippen LogP contribution in [0, 0.1) is 0 Å². The van der Waals surface area contributed by atoms with Crippen LogP contribution in [0.5, 0.6) is 0 Å². The summed E-state index contributed by atoms with van der Waals surface area (Å²) in [5.41, 5.74) is 0.450. The van der Waals surface area contributed by atoms with Crippen LogP contribution in [0.4, 0.5) is 0 Å². The zero-order valence-corrected chi connectivity index (χ0v) is 12.4. The maximum absolute atomic E-state index is 12.1. The monoisotopic (exact) mass is 282 g/mol. The number of nitrogens with zero attached hydrogens (tertiary/aromatic N) is 1. The zero-order chi connectivity index (χ0) is 13.9. The van der Waals surface area contributed by atoms with E-state index in [0.717, 1.165) is 36.4 Å². The number of carbonyl (C=O) groups is 1. The second-order valence-electron chi connectivity index (χ2n) is 5.70. The van der Waals surface area contributed by atoms with Gasteiger partial charge in [0.1, 0.15) is 0 Å². The predicted molar refractivity (Wildman–Crippen MR) is 76.3 cm³/mol. The minimum Gasteiger partial charge on any atom is -0.394 e. The molecule has 1 aliphatic rings. The molecule has 19 heavy (non-hydrogen) atoms. The van der Waals surface area contributed by atoms with Crippen LogP contribution >= 0.6 is 11.3 Å². The Morgan fingerprint density at radius 1 is 1.53 bits per heavy atom. The highest BCUT2D eigenvalue weighted by molar-refractivity contribution is 7.09. The molecule has 106 valence electrons. The first-order chi connectivity index (χ1) is 9.04. The van der Waals surface area contributed by atoms with Gasteiger partial charge >= 0.3 is 0 Å². The molecule has 0 unspecified atom stereocenters. The highest BCUT2D eigenvalue weighted by Gasteiger charge is 2.34. The summed E-state index contributed by atoms with van der Waals surface area (Å²) in [4.78, 5) is 16.5. The first-order valence-electron chi connectivity index (χ1n) is 6.91. The van der Waals surface area contributed by atoms with Crippen molar-refractivity contribution in [1.29, 1.82) is 0 Å². The van der Waals surface area contributed by atoms with E-state index < -0.39 is 0 Å². The Kier molecular flexibility index (Phi) is 4.58. The van der Waals surface area contributed by atoms with Gasteiger partial charge in [-0.15, -0.1) is 11.3 Å². The Morgan fingerprint density at radius 3 is 2.74 bits per heavy atom. The fraction of sp³-hybridized carbons (Fsp3) is 0.714. The summed E-state index contributed by atoms with van der Waals surface area (Å²) in [5.74, 6) is 0.372. The van der Waals surface area contributed by atoms with E-state index in [1.165, 1.54) is 0 Å². The van der Waals surface area contributed by atoms with E-state index in [4.69, 9.17) is 0 Å². The van der Waals surface area contributed by atoms with Crippen molar-refractivity contribution in [2.75, 3.05) is 6.61 Å². The Balaban J connectivity index is 1.93. The van der Waals surface area contributed by atoms with Gasteiger partial charge in [0, 0.05) is 11.3 Å². The molecule has 0 radical (unpaired) electrons. The molecule has 1 aliphatic carbocycles. The molecule has 4 nitrogen and oxygen atoms in total. The Bertz CT molecular complexity index is 436. The summed E-state index contributed by atoms with van der Waals surface area (Å²) in [7, 11) is 0. The van der Waals surface area contributed by atoms with Crippen molar-refractivity contribution < 1.29 is 9.90 Å². The number of hydrogen-bond donors (Lipinski definition) is 2. The average Bonchev–Trinajstić information content (AvgIpc) is 2.99. The number of aromatic nitrogens is 1. The summed E-state index contributed by atoms with van der Waals surface area (Å²) in [5, 5.41) is 15.5. The number of carbonyl (C=O) groups excluding carboxylic acids is 1. The molecule has 1 aromatic heterocycles. The van der Waals surface area contributed by atoms with E-state index in [-0.39, 0.29) is 18.1 Å². The number of thiazole rings is 1. The molecule has 0 atom stereocenters. The lowest BCUT2D eigenvalue weighted by Gasteiger charge is -2.27. The molecule has 1 amide bonds. The summed E-state index contributed by atoms with van der Waals surface area (Å²) >= 11 is 1.61. The first-order valence-corrected chi connectivity index (χ1v) is 7.79. The van der Waals surface area contributed by atoms with Crippen molar-refractivity contribution in [2.24, 2.45) is 0 Å².